The van der Waals surface area contributed by atoms with Crippen LogP contribution in [0.2, 0.25) is 0 Å². The van der Waals surface area contributed by atoms with E-state index >= 15 is 0 Å². The Kier molecular flexibility index (Phi) is 6.64. The maximum absolute atomic E-state index is 11.4. The van der Waals surface area contributed by atoms with Gasteiger partial charge in [0.25, 0.3) is 0 Å². The summed E-state index contributed by atoms with van der Waals surface area (Å²) < 4.78 is 10.5. The minimum absolute atomic E-state index is 0.139. The highest BCUT2D eigenvalue weighted by Crippen LogP contribution is 2.21. The molecule has 1 rings (SSSR count). The quantitative estimate of drug-likeness (QED) is 0.541. The zero-order chi connectivity index (χ0) is 15.0. The van der Waals surface area contributed by atoms with E-state index in [1.165, 1.54) is 0 Å². The number of hydrogen-bond donors (Lipinski definition) is 0. The summed E-state index contributed by atoms with van der Waals surface area (Å²) in [5.41, 5.74) is 1.43. The molecule has 1 aromatic rings. The molecule has 0 fully saturated rings. The molecular formula is C16H23NO3. The van der Waals surface area contributed by atoms with Gasteiger partial charge in [-0.3, -0.25) is 0 Å². The van der Waals surface area contributed by atoms with Crippen molar-refractivity contribution in [1.29, 1.82) is 0 Å². The molecule has 1 aromatic carbocycles. The molecule has 0 saturated heterocycles. The maximum Gasteiger partial charge on any atom is 0.336 e. The highest BCUT2D eigenvalue weighted by atomic mass is 16.5. The lowest BCUT2D eigenvalue weighted by Crippen LogP contribution is -2.21. The third-order valence-corrected chi connectivity index (χ3v) is 2.92. The van der Waals surface area contributed by atoms with Crippen LogP contribution >= 0.6 is 0 Å². The van der Waals surface area contributed by atoms with Gasteiger partial charge in [-0.2, -0.15) is 0 Å². The SMILES string of the molecule is C=C(COc1cccc(N(CC)CC)c1)C(=O)OCC. The average Bonchev–Trinajstić information content (AvgIpc) is 2.47. The molecule has 0 radical (unpaired) electrons. The minimum atomic E-state index is -0.410. The van der Waals surface area contributed by atoms with Crippen LogP contribution in [0.15, 0.2) is 36.4 Å². The van der Waals surface area contributed by atoms with Gasteiger partial charge in [-0.05, 0) is 32.9 Å². The number of anilines is 1. The second kappa shape index (κ2) is 8.25. The Hall–Kier alpha value is -1.97. The first-order chi connectivity index (χ1) is 9.62. The van der Waals surface area contributed by atoms with Gasteiger partial charge in [0.15, 0.2) is 0 Å². The van der Waals surface area contributed by atoms with E-state index < -0.39 is 5.97 Å². The molecule has 0 atom stereocenters. The number of esters is 1. The smallest absolute Gasteiger partial charge is 0.336 e. The number of rotatable bonds is 8. The largest absolute Gasteiger partial charge is 0.489 e. The molecular weight excluding hydrogens is 254 g/mol. The molecule has 20 heavy (non-hydrogen) atoms. The maximum atomic E-state index is 11.4. The zero-order valence-corrected chi connectivity index (χ0v) is 12.5. The van der Waals surface area contributed by atoms with E-state index in [0.29, 0.717) is 12.2 Å². The number of hydrogen-bond acceptors (Lipinski definition) is 4. The first-order valence-electron chi connectivity index (χ1n) is 6.95. The van der Waals surface area contributed by atoms with E-state index in [-0.39, 0.29) is 6.61 Å². The van der Waals surface area contributed by atoms with Gasteiger partial charge < -0.3 is 14.4 Å². The van der Waals surface area contributed by atoms with Gasteiger partial charge in [0, 0.05) is 24.8 Å². The highest BCUT2D eigenvalue weighted by Gasteiger charge is 2.09. The van der Waals surface area contributed by atoms with Crippen molar-refractivity contribution in [3.05, 3.63) is 36.4 Å². The second-order valence-electron chi connectivity index (χ2n) is 4.28. The number of benzene rings is 1. The topological polar surface area (TPSA) is 38.8 Å². The van der Waals surface area contributed by atoms with Gasteiger partial charge in [0.2, 0.25) is 0 Å². The van der Waals surface area contributed by atoms with Crippen LogP contribution in [0.3, 0.4) is 0 Å². The van der Waals surface area contributed by atoms with Gasteiger partial charge >= 0.3 is 5.97 Å². The van der Waals surface area contributed by atoms with Crippen molar-refractivity contribution < 1.29 is 14.3 Å². The fourth-order valence-corrected chi connectivity index (χ4v) is 1.82. The molecule has 0 bridgehead atoms. The van der Waals surface area contributed by atoms with Crippen molar-refractivity contribution in [2.24, 2.45) is 0 Å². The van der Waals surface area contributed by atoms with E-state index in [4.69, 9.17) is 9.47 Å². The van der Waals surface area contributed by atoms with Crippen molar-refractivity contribution in [1.82, 2.24) is 0 Å². The Labute approximate surface area is 121 Å². The van der Waals surface area contributed by atoms with Crippen LogP contribution in [0.25, 0.3) is 0 Å². The van der Waals surface area contributed by atoms with E-state index in [1.54, 1.807) is 6.92 Å². The fraction of sp³-hybridized carbons (Fsp3) is 0.438. The summed E-state index contributed by atoms with van der Waals surface area (Å²) in [5, 5.41) is 0. The number of carbonyl (C=O) groups is 1. The van der Waals surface area contributed by atoms with Crippen molar-refractivity contribution in [2.45, 2.75) is 20.8 Å². The average molecular weight is 277 g/mol. The molecule has 0 N–H and O–H groups in total. The summed E-state index contributed by atoms with van der Waals surface area (Å²) in [4.78, 5) is 13.7. The lowest BCUT2D eigenvalue weighted by molar-refractivity contribution is -0.138. The second-order valence-corrected chi connectivity index (χ2v) is 4.28. The van der Waals surface area contributed by atoms with Gasteiger partial charge in [-0.25, -0.2) is 4.79 Å². The van der Waals surface area contributed by atoms with Gasteiger partial charge in [0.1, 0.15) is 12.4 Å². The number of nitrogens with zero attached hydrogens (tertiary/aromatic N) is 1. The molecule has 0 amide bonds. The van der Waals surface area contributed by atoms with Crippen LogP contribution in [-0.2, 0) is 9.53 Å². The molecule has 0 saturated carbocycles. The predicted molar refractivity (Wildman–Crippen MR) is 81.3 cm³/mol. The first kappa shape index (κ1) is 16.1. The highest BCUT2D eigenvalue weighted by molar-refractivity contribution is 5.88. The zero-order valence-electron chi connectivity index (χ0n) is 12.5. The summed E-state index contributed by atoms with van der Waals surface area (Å²) in [7, 11) is 0. The van der Waals surface area contributed by atoms with Crippen LogP contribution < -0.4 is 9.64 Å². The first-order valence-corrected chi connectivity index (χ1v) is 6.95. The minimum Gasteiger partial charge on any atom is -0.489 e. The lowest BCUT2D eigenvalue weighted by Gasteiger charge is -2.21. The van der Waals surface area contributed by atoms with Gasteiger partial charge in [0.05, 0.1) is 12.2 Å². The number of carbonyl (C=O) groups excluding carboxylic acids is 1. The molecule has 0 spiro atoms. The molecule has 0 heterocycles. The van der Waals surface area contributed by atoms with Crippen LogP contribution in [0.1, 0.15) is 20.8 Å². The molecule has 4 heteroatoms. The summed E-state index contributed by atoms with van der Waals surface area (Å²) >= 11 is 0. The van der Waals surface area contributed by atoms with Crippen molar-refractivity contribution in [3.63, 3.8) is 0 Å². The molecule has 0 aliphatic rings. The van der Waals surface area contributed by atoms with E-state index in [2.05, 4.69) is 25.3 Å². The summed E-state index contributed by atoms with van der Waals surface area (Å²) in [6, 6.07) is 7.81. The fourth-order valence-electron chi connectivity index (χ4n) is 1.82. The van der Waals surface area contributed by atoms with Crippen LogP contribution in [0, 0.1) is 0 Å². The third kappa shape index (κ3) is 4.61. The van der Waals surface area contributed by atoms with E-state index in [9.17, 15) is 4.79 Å². The molecule has 110 valence electrons. The van der Waals surface area contributed by atoms with Crippen LogP contribution in [0.5, 0.6) is 5.75 Å². The molecule has 0 aromatic heterocycles. The summed E-state index contributed by atoms with van der Waals surface area (Å²) in [6.45, 7) is 12.0. The van der Waals surface area contributed by atoms with E-state index in [0.717, 1.165) is 24.5 Å². The molecule has 4 nitrogen and oxygen atoms in total. The Balaban J connectivity index is 2.63. The summed E-state index contributed by atoms with van der Waals surface area (Å²) in [6.07, 6.45) is 0. The van der Waals surface area contributed by atoms with Crippen molar-refractivity contribution in [3.8, 4) is 5.75 Å². The Morgan fingerprint density at radius 3 is 2.55 bits per heavy atom. The molecule has 0 aliphatic heterocycles. The standard InChI is InChI=1S/C16H23NO3/c1-5-17(6-2)14-9-8-10-15(11-14)20-12-13(4)16(18)19-7-3/h8-11H,4-7,12H2,1-3H3. The Morgan fingerprint density at radius 1 is 1.25 bits per heavy atom. The molecule has 0 aliphatic carbocycles. The third-order valence-electron chi connectivity index (χ3n) is 2.92. The van der Waals surface area contributed by atoms with Gasteiger partial charge in [-0.15, -0.1) is 0 Å². The van der Waals surface area contributed by atoms with Crippen LogP contribution in [0.4, 0.5) is 5.69 Å². The predicted octanol–water partition coefficient (Wildman–Crippen LogP) is 3.03. The monoisotopic (exact) mass is 277 g/mol. The van der Waals surface area contributed by atoms with E-state index in [1.807, 2.05) is 24.3 Å². The van der Waals surface area contributed by atoms with Crippen LogP contribution in [-0.4, -0.2) is 32.3 Å². The lowest BCUT2D eigenvalue weighted by atomic mass is 10.2. The Morgan fingerprint density at radius 2 is 1.95 bits per heavy atom. The normalized spacial score (nSPS) is 9.95. The van der Waals surface area contributed by atoms with Crippen molar-refractivity contribution in [2.75, 3.05) is 31.2 Å². The molecule has 0 unspecified atom stereocenters. The Bertz CT molecular complexity index is 453. The van der Waals surface area contributed by atoms with Gasteiger partial charge in [-0.1, -0.05) is 12.6 Å². The summed E-state index contributed by atoms with van der Waals surface area (Å²) in [5.74, 6) is 0.312. The van der Waals surface area contributed by atoms with Crippen molar-refractivity contribution >= 4 is 11.7 Å². The number of ether oxygens (including phenoxy) is 2.